The lowest BCUT2D eigenvalue weighted by Gasteiger charge is -2.63. The van der Waals surface area contributed by atoms with E-state index in [1.54, 1.807) is 5.57 Å². The number of rotatable bonds is 10. The number of urea groups is 1. The molecule has 0 saturated heterocycles. The van der Waals surface area contributed by atoms with Crippen LogP contribution < -0.4 is 10.6 Å². The quantitative estimate of drug-likeness (QED) is 0.206. The molecular formula is C32H54N2O3. The van der Waals surface area contributed by atoms with Crippen LogP contribution in [0.15, 0.2) is 11.6 Å². The van der Waals surface area contributed by atoms with Gasteiger partial charge in [0.1, 0.15) is 0 Å². The van der Waals surface area contributed by atoms with Gasteiger partial charge in [0.15, 0.2) is 0 Å². The zero-order valence-electron chi connectivity index (χ0n) is 24.3. The molecule has 0 aromatic rings. The van der Waals surface area contributed by atoms with Crippen molar-refractivity contribution in [3.63, 3.8) is 0 Å². The summed E-state index contributed by atoms with van der Waals surface area (Å²) in [5.41, 5.74) is 2.77. The zero-order chi connectivity index (χ0) is 26.8. The average Bonchev–Trinajstić information content (AvgIpc) is 3.17. The van der Waals surface area contributed by atoms with E-state index >= 15 is 0 Å². The Bertz CT molecular complexity index is 868. The smallest absolute Gasteiger partial charge is 0.315 e. The normalized spacial score (nSPS) is 38.8. The molecule has 0 aromatic carbocycles. The fraction of sp³-hybridized carbons (Fsp3) is 0.875. The van der Waals surface area contributed by atoms with Crippen LogP contribution in [-0.4, -0.2) is 29.7 Å². The molecule has 5 heteroatoms. The molecule has 0 radical (unpaired) electrons. The zero-order valence-corrected chi connectivity index (χ0v) is 24.3. The third kappa shape index (κ3) is 5.76. The van der Waals surface area contributed by atoms with E-state index in [1.807, 2.05) is 0 Å². The molecule has 37 heavy (non-hydrogen) atoms. The van der Waals surface area contributed by atoms with Crippen molar-refractivity contribution in [3.05, 3.63) is 11.6 Å². The number of nitrogens with one attached hydrogen (secondary N) is 2. The van der Waals surface area contributed by atoms with E-state index in [0.29, 0.717) is 23.8 Å². The molecule has 0 spiro atoms. The Labute approximate surface area is 226 Å². The Kier molecular flexibility index (Phi) is 8.70. The van der Waals surface area contributed by atoms with Gasteiger partial charge in [0.2, 0.25) is 0 Å². The molecule has 2 amide bonds. The molecule has 3 fully saturated rings. The highest BCUT2D eigenvalue weighted by atomic mass is 16.4. The monoisotopic (exact) mass is 514 g/mol. The number of aliphatic carboxylic acids is 1. The summed E-state index contributed by atoms with van der Waals surface area (Å²) in [7, 11) is 0. The second kappa shape index (κ2) is 11.3. The van der Waals surface area contributed by atoms with E-state index in [2.05, 4.69) is 51.3 Å². The van der Waals surface area contributed by atoms with Crippen LogP contribution in [0.3, 0.4) is 0 Å². The van der Waals surface area contributed by atoms with Crippen molar-refractivity contribution >= 4 is 12.0 Å². The van der Waals surface area contributed by atoms with E-state index in [-0.39, 0.29) is 23.9 Å². The van der Waals surface area contributed by atoms with Gasteiger partial charge in [-0.2, -0.15) is 0 Å². The van der Waals surface area contributed by atoms with Crippen LogP contribution in [0.5, 0.6) is 0 Å². The van der Waals surface area contributed by atoms with E-state index < -0.39 is 5.97 Å². The standard InChI is InChI=1S/C32H54N2O3/c1-22(2)9-6-7-10-23-12-13-26-30(23,3)19-16-27-31(4)18-15-25(21-24(31)14-17-32(26,27)5)34-29(37)33-20-8-11-28(35)36/h14,22-23,25-27H,6-13,15-21H2,1-5H3,(H,35,36)(H2,33,34,37). The van der Waals surface area contributed by atoms with Crippen LogP contribution >= 0.6 is 0 Å². The van der Waals surface area contributed by atoms with Gasteiger partial charge in [-0.05, 0) is 104 Å². The van der Waals surface area contributed by atoms with Crippen molar-refractivity contribution in [1.82, 2.24) is 10.6 Å². The Morgan fingerprint density at radius 3 is 2.51 bits per heavy atom. The van der Waals surface area contributed by atoms with Gasteiger partial charge in [-0.3, -0.25) is 4.79 Å². The third-order valence-corrected chi connectivity index (χ3v) is 11.6. The Balaban J connectivity index is 1.37. The predicted molar refractivity (Wildman–Crippen MR) is 150 cm³/mol. The third-order valence-electron chi connectivity index (χ3n) is 11.6. The minimum absolute atomic E-state index is 0.0913. The lowest BCUT2D eigenvalue weighted by Crippen LogP contribution is -2.57. The van der Waals surface area contributed by atoms with Crippen LogP contribution in [0.4, 0.5) is 4.79 Å². The highest BCUT2D eigenvalue weighted by molar-refractivity contribution is 5.74. The summed E-state index contributed by atoms with van der Waals surface area (Å²) in [6.07, 6.45) is 18.8. The summed E-state index contributed by atoms with van der Waals surface area (Å²) < 4.78 is 0. The molecule has 0 bridgehead atoms. The second-order valence-corrected chi connectivity index (χ2v) is 14.3. The Morgan fingerprint density at radius 1 is 1.00 bits per heavy atom. The molecule has 210 valence electrons. The first-order valence-corrected chi connectivity index (χ1v) is 15.4. The van der Waals surface area contributed by atoms with Gasteiger partial charge in [-0.25, -0.2) is 4.79 Å². The number of unbranched alkanes of at least 4 members (excludes halogenated alkanes) is 1. The van der Waals surface area contributed by atoms with Crippen LogP contribution in [0.1, 0.15) is 125 Å². The van der Waals surface area contributed by atoms with E-state index in [1.165, 1.54) is 57.8 Å². The van der Waals surface area contributed by atoms with E-state index in [0.717, 1.165) is 42.9 Å². The number of carbonyl (C=O) groups excluding carboxylic acids is 1. The number of carboxylic acids is 1. The maximum Gasteiger partial charge on any atom is 0.315 e. The molecule has 7 unspecified atom stereocenters. The minimum atomic E-state index is -0.817. The SMILES string of the molecule is CC(C)CCCCC1CCC2C1(C)CCC1C3(C)CCC(NC(=O)NCCCC(=O)O)CC3=CCC12C. The first-order chi connectivity index (χ1) is 17.5. The van der Waals surface area contributed by atoms with E-state index in [9.17, 15) is 9.59 Å². The number of carboxylic acid groups (broad SMARTS) is 1. The first-order valence-electron chi connectivity index (χ1n) is 15.4. The van der Waals surface area contributed by atoms with Gasteiger partial charge in [0, 0.05) is 19.0 Å². The van der Waals surface area contributed by atoms with Crippen molar-refractivity contribution in [2.75, 3.05) is 6.54 Å². The number of hydrogen-bond acceptors (Lipinski definition) is 2. The van der Waals surface area contributed by atoms with Crippen molar-refractivity contribution in [1.29, 1.82) is 0 Å². The minimum Gasteiger partial charge on any atom is -0.481 e. The summed E-state index contributed by atoms with van der Waals surface area (Å²) in [6.45, 7) is 13.0. The van der Waals surface area contributed by atoms with E-state index in [4.69, 9.17) is 5.11 Å². The van der Waals surface area contributed by atoms with Crippen LogP contribution in [0.2, 0.25) is 0 Å². The number of carbonyl (C=O) groups is 2. The van der Waals surface area contributed by atoms with Gasteiger partial charge in [-0.1, -0.05) is 65.5 Å². The van der Waals surface area contributed by atoms with Crippen LogP contribution in [0, 0.1) is 39.9 Å². The van der Waals surface area contributed by atoms with Gasteiger partial charge >= 0.3 is 12.0 Å². The van der Waals surface area contributed by atoms with Gasteiger partial charge < -0.3 is 15.7 Å². The van der Waals surface area contributed by atoms with Gasteiger partial charge in [-0.15, -0.1) is 0 Å². The van der Waals surface area contributed by atoms with Crippen LogP contribution in [-0.2, 0) is 4.79 Å². The first kappa shape index (κ1) is 28.5. The summed E-state index contributed by atoms with van der Waals surface area (Å²) in [5, 5.41) is 14.8. The maximum absolute atomic E-state index is 12.4. The topological polar surface area (TPSA) is 78.4 Å². The summed E-state index contributed by atoms with van der Waals surface area (Å²) in [4.78, 5) is 23.1. The molecule has 0 heterocycles. The van der Waals surface area contributed by atoms with Crippen molar-refractivity contribution in [2.45, 2.75) is 131 Å². The number of fused-ring (bicyclic) bond motifs is 5. The molecule has 7 atom stereocenters. The molecule has 5 nitrogen and oxygen atoms in total. The highest BCUT2D eigenvalue weighted by Gasteiger charge is 2.63. The molecule has 4 aliphatic rings. The largest absolute Gasteiger partial charge is 0.481 e. The molecule has 4 aliphatic carbocycles. The average molecular weight is 515 g/mol. The summed E-state index contributed by atoms with van der Waals surface area (Å²) in [5.74, 6) is 2.52. The fourth-order valence-electron chi connectivity index (χ4n) is 9.64. The molecule has 3 saturated carbocycles. The van der Waals surface area contributed by atoms with Gasteiger partial charge in [0.05, 0.1) is 0 Å². The molecule has 4 rings (SSSR count). The van der Waals surface area contributed by atoms with Crippen molar-refractivity contribution in [3.8, 4) is 0 Å². The predicted octanol–water partition coefficient (Wildman–Crippen LogP) is 7.70. The summed E-state index contributed by atoms with van der Waals surface area (Å²) >= 11 is 0. The molecule has 0 aliphatic heterocycles. The van der Waals surface area contributed by atoms with Crippen LogP contribution in [0.25, 0.3) is 0 Å². The molecule has 3 N–H and O–H groups in total. The summed E-state index contributed by atoms with van der Waals surface area (Å²) in [6, 6.07) is 0.0257. The van der Waals surface area contributed by atoms with Crippen molar-refractivity contribution in [2.24, 2.45) is 39.9 Å². The second-order valence-electron chi connectivity index (χ2n) is 14.3. The highest BCUT2D eigenvalue weighted by Crippen LogP contribution is 2.71. The fourth-order valence-corrected chi connectivity index (χ4v) is 9.64. The van der Waals surface area contributed by atoms with Crippen molar-refractivity contribution < 1.29 is 14.7 Å². The van der Waals surface area contributed by atoms with Gasteiger partial charge in [0.25, 0.3) is 0 Å². The molecular weight excluding hydrogens is 460 g/mol. The lowest BCUT2D eigenvalue weighted by atomic mass is 9.41. The number of amides is 2. The molecule has 0 aromatic heterocycles. The number of allylic oxidation sites excluding steroid dienone is 1. The lowest BCUT2D eigenvalue weighted by molar-refractivity contribution is -0.137. The maximum atomic E-state index is 12.4. The Hall–Kier alpha value is -1.52. The Morgan fingerprint density at radius 2 is 1.78 bits per heavy atom. The number of hydrogen-bond donors (Lipinski definition) is 3.